The predicted octanol–water partition coefficient (Wildman–Crippen LogP) is 2.09. The summed E-state index contributed by atoms with van der Waals surface area (Å²) in [4.78, 5) is 11.0. The Hall–Kier alpha value is -1.26. The van der Waals surface area contributed by atoms with Gasteiger partial charge in [0.25, 0.3) is 5.91 Å². The minimum atomic E-state index is -0.706. The first-order chi connectivity index (χ1) is 8.41. The van der Waals surface area contributed by atoms with Gasteiger partial charge in [-0.2, -0.15) is 0 Å². The third-order valence-electron chi connectivity index (χ3n) is 2.44. The highest BCUT2D eigenvalue weighted by Gasteiger charge is 2.15. The Balaban J connectivity index is 2.89. The second-order valence-corrected chi connectivity index (χ2v) is 4.83. The van der Waals surface area contributed by atoms with Crippen molar-refractivity contribution in [1.29, 1.82) is 0 Å². The summed E-state index contributed by atoms with van der Waals surface area (Å²) >= 11 is 6.09. The van der Waals surface area contributed by atoms with Crippen LogP contribution in [0.4, 0.5) is 0 Å². The molecule has 0 fully saturated rings. The zero-order chi connectivity index (χ0) is 13.7. The van der Waals surface area contributed by atoms with Crippen molar-refractivity contribution in [2.24, 2.45) is 5.73 Å². The maximum Gasteiger partial charge on any atom is 0.258 e. The maximum atomic E-state index is 11.0. The fraction of sp³-hybridized carbons (Fsp3) is 0.462. The molecule has 1 aromatic rings. The number of carbonyl (C=O) groups is 1. The molecule has 3 N–H and O–H groups in total. The van der Waals surface area contributed by atoms with Crippen LogP contribution in [0.2, 0.25) is 5.02 Å². The smallest absolute Gasteiger partial charge is 0.258 e. The van der Waals surface area contributed by atoms with E-state index in [1.54, 1.807) is 13.0 Å². The zero-order valence-electron chi connectivity index (χ0n) is 10.9. The number of hydrogen-bond donors (Lipinski definition) is 2. The lowest BCUT2D eigenvalue weighted by atomic mass is 10.2. The molecule has 1 unspecified atom stereocenters. The second-order valence-electron chi connectivity index (χ2n) is 4.43. The molecule has 1 aromatic carbocycles. The summed E-state index contributed by atoms with van der Waals surface area (Å²) in [5, 5.41) is 3.75. The summed E-state index contributed by atoms with van der Waals surface area (Å²) in [7, 11) is 0. The van der Waals surface area contributed by atoms with Crippen molar-refractivity contribution in [2.45, 2.75) is 39.5 Å². The van der Waals surface area contributed by atoms with Crippen LogP contribution in [0, 0.1) is 0 Å². The van der Waals surface area contributed by atoms with Crippen molar-refractivity contribution in [3.8, 4) is 5.75 Å². The highest BCUT2D eigenvalue weighted by atomic mass is 35.5. The fourth-order valence-electron chi connectivity index (χ4n) is 1.37. The molecule has 0 aromatic heterocycles. The van der Waals surface area contributed by atoms with Gasteiger partial charge in [0.2, 0.25) is 0 Å². The molecule has 0 saturated carbocycles. The first-order valence-electron chi connectivity index (χ1n) is 5.88. The third kappa shape index (κ3) is 4.20. The molecule has 0 bridgehead atoms. The Morgan fingerprint density at radius 3 is 2.67 bits per heavy atom. The second kappa shape index (κ2) is 6.61. The standard InChI is InChI=1S/C13H19ClN2O2/c1-8(2)16-7-10-5-4-6-11(14)12(10)18-9(3)13(15)17/h4-6,8-9,16H,7H2,1-3H3,(H2,15,17). The Bertz CT molecular complexity index is 421. The van der Waals surface area contributed by atoms with E-state index < -0.39 is 12.0 Å². The quantitative estimate of drug-likeness (QED) is 0.832. The van der Waals surface area contributed by atoms with Crippen LogP contribution < -0.4 is 15.8 Å². The topological polar surface area (TPSA) is 64.3 Å². The highest BCUT2D eigenvalue weighted by Crippen LogP contribution is 2.29. The van der Waals surface area contributed by atoms with Crippen molar-refractivity contribution >= 4 is 17.5 Å². The Labute approximate surface area is 112 Å². The molecule has 0 aliphatic rings. The predicted molar refractivity (Wildman–Crippen MR) is 72.7 cm³/mol. The van der Waals surface area contributed by atoms with Gasteiger partial charge < -0.3 is 15.8 Å². The van der Waals surface area contributed by atoms with E-state index in [9.17, 15) is 4.79 Å². The number of ether oxygens (including phenoxy) is 1. The van der Waals surface area contributed by atoms with Gasteiger partial charge in [-0.05, 0) is 13.0 Å². The van der Waals surface area contributed by atoms with Crippen molar-refractivity contribution in [3.63, 3.8) is 0 Å². The molecule has 0 heterocycles. The number of hydrogen-bond acceptors (Lipinski definition) is 3. The van der Waals surface area contributed by atoms with E-state index in [0.717, 1.165) is 5.56 Å². The lowest BCUT2D eigenvalue weighted by molar-refractivity contribution is -0.123. The fourth-order valence-corrected chi connectivity index (χ4v) is 1.61. The van der Waals surface area contributed by atoms with Gasteiger partial charge in [0, 0.05) is 18.2 Å². The monoisotopic (exact) mass is 270 g/mol. The van der Waals surface area contributed by atoms with Crippen LogP contribution in [0.1, 0.15) is 26.3 Å². The molecule has 1 rings (SSSR count). The van der Waals surface area contributed by atoms with Crippen LogP contribution >= 0.6 is 11.6 Å². The number of nitrogens with one attached hydrogen (secondary N) is 1. The molecule has 4 nitrogen and oxygen atoms in total. The SMILES string of the molecule is CC(C)NCc1cccc(Cl)c1OC(C)C(N)=O. The van der Waals surface area contributed by atoms with E-state index in [4.69, 9.17) is 22.1 Å². The molecule has 5 heteroatoms. The number of carbonyl (C=O) groups excluding carboxylic acids is 1. The van der Waals surface area contributed by atoms with E-state index in [1.807, 2.05) is 12.1 Å². The van der Waals surface area contributed by atoms with Gasteiger partial charge in [-0.3, -0.25) is 4.79 Å². The number of primary amides is 1. The Morgan fingerprint density at radius 1 is 1.44 bits per heavy atom. The van der Waals surface area contributed by atoms with E-state index in [2.05, 4.69) is 19.2 Å². The third-order valence-corrected chi connectivity index (χ3v) is 2.74. The van der Waals surface area contributed by atoms with Gasteiger partial charge >= 0.3 is 0 Å². The lowest BCUT2D eigenvalue weighted by Crippen LogP contribution is -2.31. The van der Waals surface area contributed by atoms with Crippen LogP contribution in [0.3, 0.4) is 0 Å². The first kappa shape index (κ1) is 14.8. The normalized spacial score (nSPS) is 12.5. The minimum Gasteiger partial charge on any atom is -0.479 e. The van der Waals surface area contributed by atoms with Gasteiger partial charge in [-0.1, -0.05) is 37.6 Å². The van der Waals surface area contributed by atoms with E-state index in [0.29, 0.717) is 23.4 Å². The molecule has 18 heavy (non-hydrogen) atoms. The molecule has 0 aliphatic heterocycles. The summed E-state index contributed by atoms with van der Waals surface area (Å²) in [5.74, 6) is -0.00342. The van der Waals surface area contributed by atoms with Crippen molar-refractivity contribution in [1.82, 2.24) is 5.32 Å². The van der Waals surface area contributed by atoms with Gasteiger partial charge in [0.1, 0.15) is 5.75 Å². The molecule has 0 aliphatic carbocycles. The van der Waals surface area contributed by atoms with Crippen LogP contribution in [0.15, 0.2) is 18.2 Å². The van der Waals surface area contributed by atoms with E-state index in [1.165, 1.54) is 0 Å². The number of nitrogens with two attached hydrogens (primary N) is 1. The summed E-state index contributed by atoms with van der Waals surface area (Å²) in [6.45, 7) is 6.33. The molecule has 0 saturated heterocycles. The number of amides is 1. The van der Waals surface area contributed by atoms with E-state index >= 15 is 0 Å². The van der Waals surface area contributed by atoms with Gasteiger partial charge in [0.15, 0.2) is 6.10 Å². The Morgan fingerprint density at radius 2 is 2.11 bits per heavy atom. The first-order valence-corrected chi connectivity index (χ1v) is 6.26. The summed E-state index contributed by atoms with van der Waals surface area (Å²) < 4.78 is 5.52. The summed E-state index contributed by atoms with van der Waals surface area (Å²) in [6.07, 6.45) is -0.706. The maximum absolute atomic E-state index is 11.0. The van der Waals surface area contributed by atoms with Gasteiger partial charge in [0.05, 0.1) is 5.02 Å². The van der Waals surface area contributed by atoms with E-state index in [-0.39, 0.29) is 0 Å². The van der Waals surface area contributed by atoms with Crippen molar-refractivity contribution < 1.29 is 9.53 Å². The molecular weight excluding hydrogens is 252 g/mol. The Kier molecular flexibility index (Phi) is 5.44. The molecule has 1 atom stereocenters. The van der Waals surface area contributed by atoms with Crippen molar-refractivity contribution in [3.05, 3.63) is 28.8 Å². The molecule has 1 amide bonds. The van der Waals surface area contributed by atoms with Crippen LogP contribution in [0.5, 0.6) is 5.75 Å². The lowest BCUT2D eigenvalue weighted by Gasteiger charge is -2.17. The molecular formula is C13H19ClN2O2. The van der Waals surface area contributed by atoms with Crippen LogP contribution in [-0.4, -0.2) is 18.1 Å². The highest BCUT2D eigenvalue weighted by molar-refractivity contribution is 6.32. The average molecular weight is 271 g/mol. The summed E-state index contributed by atoms with van der Waals surface area (Å²) in [6, 6.07) is 5.83. The number of para-hydroxylation sites is 1. The molecule has 0 spiro atoms. The number of benzene rings is 1. The number of halogens is 1. The minimum absolute atomic E-state index is 0.352. The van der Waals surface area contributed by atoms with Crippen molar-refractivity contribution in [2.75, 3.05) is 0 Å². The largest absolute Gasteiger partial charge is 0.479 e. The summed E-state index contributed by atoms with van der Waals surface area (Å²) in [5.41, 5.74) is 6.09. The van der Waals surface area contributed by atoms with Crippen LogP contribution in [-0.2, 0) is 11.3 Å². The van der Waals surface area contributed by atoms with Gasteiger partial charge in [-0.25, -0.2) is 0 Å². The molecule has 100 valence electrons. The zero-order valence-corrected chi connectivity index (χ0v) is 11.6. The average Bonchev–Trinajstić information content (AvgIpc) is 2.29. The number of rotatable bonds is 6. The molecule has 0 radical (unpaired) electrons. The van der Waals surface area contributed by atoms with Crippen LogP contribution in [0.25, 0.3) is 0 Å². The van der Waals surface area contributed by atoms with Gasteiger partial charge in [-0.15, -0.1) is 0 Å².